The fourth-order valence-electron chi connectivity index (χ4n) is 0.926. The van der Waals surface area contributed by atoms with Crippen molar-refractivity contribution in [1.82, 2.24) is 5.32 Å². The van der Waals surface area contributed by atoms with Crippen LogP contribution in [-0.2, 0) is 19.0 Å². The van der Waals surface area contributed by atoms with Gasteiger partial charge in [-0.2, -0.15) is 8.42 Å². The molecule has 1 atom stereocenters. The molecule has 0 unspecified atom stereocenters. The molecule has 0 aromatic carbocycles. The Morgan fingerprint density at radius 2 is 2.31 bits per heavy atom. The maximum Gasteiger partial charge on any atom is 0.264 e. The first-order valence-corrected chi connectivity index (χ1v) is 5.56. The Morgan fingerprint density at radius 1 is 1.62 bits per heavy atom. The van der Waals surface area contributed by atoms with Gasteiger partial charge in [-0.3, -0.25) is 4.18 Å². The summed E-state index contributed by atoms with van der Waals surface area (Å²) in [4.78, 5) is 0. The van der Waals surface area contributed by atoms with E-state index >= 15 is 0 Å². The zero-order valence-electron chi connectivity index (χ0n) is 7.36. The summed E-state index contributed by atoms with van der Waals surface area (Å²) in [6.45, 7) is 2.18. The molecule has 80 valence electrons. The van der Waals surface area contributed by atoms with Crippen LogP contribution >= 0.6 is 12.4 Å². The fourth-order valence-corrected chi connectivity index (χ4v) is 1.33. The molecule has 7 heteroatoms. The fraction of sp³-hybridized carbons (Fsp3) is 1.00. The normalized spacial score (nSPS) is 23.6. The van der Waals surface area contributed by atoms with Crippen LogP contribution in [0.5, 0.6) is 0 Å². The number of ether oxygens (including phenoxy) is 1. The van der Waals surface area contributed by atoms with Crippen molar-refractivity contribution in [1.29, 1.82) is 0 Å². The first-order chi connectivity index (χ1) is 5.58. The maximum atomic E-state index is 10.6. The molecule has 1 aliphatic heterocycles. The predicted octanol–water partition coefficient (Wildman–Crippen LogP) is -0.627. The van der Waals surface area contributed by atoms with Gasteiger partial charge in [0.2, 0.25) is 0 Å². The number of hydrogen-bond acceptors (Lipinski definition) is 5. The van der Waals surface area contributed by atoms with E-state index in [1.165, 1.54) is 0 Å². The van der Waals surface area contributed by atoms with Gasteiger partial charge in [0.25, 0.3) is 10.1 Å². The Balaban J connectivity index is 0.00000144. The van der Waals surface area contributed by atoms with Crippen molar-refractivity contribution in [2.75, 3.05) is 32.6 Å². The summed E-state index contributed by atoms with van der Waals surface area (Å²) in [6.07, 6.45) is 0.886. The lowest BCUT2D eigenvalue weighted by Crippen LogP contribution is -2.41. The highest BCUT2D eigenvalue weighted by molar-refractivity contribution is 7.85. The summed E-state index contributed by atoms with van der Waals surface area (Å²) >= 11 is 0. The molecule has 1 aliphatic rings. The molecule has 1 N–H and O–H groups in total. The van der Waals surface area contributed by atoms with Crippen molar-refractivity contribution in [3.8, 4) is 0 Å². The zero-order chi connectivity index (χ0) is 9.03. The van der Waals surface area contributed by atoms with Gasteiger partial charge in [0, 0.05) is 13.1 Å². The van der Waals surface area contributed by atoms with E-state index < -0.39 is 10.1 Å². The van der Waals surface area contributed by atoms with E-state index in [1.807, 2.05) is 0 Å². The smallest absolute Gasteiger partial charge is 0.264 e. The van der Waals surface area contributed by atoms with Crippen LogP contribution in [0.4, 0.5) is 0 Å². The minimum absolute atomic E-state index is 0. The Hall–Kier alpha value is 0.120. The highest BCUT2D eigenvalue weighted by Gasteiger charge is 2.15. The number of hydrogen-bond donors (Lipinski definition) is 1. The van der Waals surface area contributed by atoms with Crippen molar-refractivity contribution in [2.45, 2.75) is 6.10 Å². The summed E-state index contributed by atoms with van der Waals surface area (Å²) in [6, 6.07) is 0. The molecule has 0 aromatic rings. The van der Waals surface area contributed by atoms with E-state index in [0.717, 1.165) is 12.8 Å². The third kappa shape index (κ3) is 6.23. The Morgan fingerprint density at radius 3 is 2.77 bits per heavy atom. The standard InChI is InChI=1S/C6H13NO4S.ClH/c1-12(8,9)11-5-6-4-7-2-3-10-6;/h6-7H,2-5H2,1H3;1H/t6-;/m0./s1. The summed E-state index contributed by atoms with van der Waals surface area (Å²) in [5, 5.41) is 3.07. The second-order valence-electron chi connectivity index (χ2n) is 2.69. The first kappa shape index (κ1) is 13.1. The molecule has 5 nitrogen and oxygen atoms in total. The third-order valence-corrected chi connectivity index (χ3v) is 2.04. The molecule has 0 aromatic heterocycles. The van der Waals surface area contributed by atoms with Gasteiger partial charge in [-0.05, 0) is 0 Å². The molecule has 1 fully saturated rings. The number of rotatable bonds is 3. The number of nitrogens with one attached hydrogen (secondary N) is 1. The SMILES string of the molecule is CS(=O)(=O)OC[C@@H]1CNCCO1.Cl. The third-order valence-electron chi connectivity index (χ3n) is 1.47. The minimum atomic E-state index is -3.33. The molecule has 13 heavy (non-hydrogen) atoms. The molecule has 1 saturated heterocycles. The molecule has 0 radical (unpaired) electrons. The van der Waals surface area contributed by atoms with Gasteiger partial charge < -0.3 is 10.1 Å². The van der Waals surface area contributed by atoms with Gasteiger partial charge >= 0.3 is 0 Å². The molecular formula is C6H14ClNO4S. The van der Waals surface area contributed by atoms with Crippen molar-refractivity contribution in [2.24, 2.45) is 0 Å². The molecule has 0 spiro atoms. The van der Waals surface area contributed by atoms with Gasteiger partial charge in [0.15, 0.2) is 0 Å². The van der Waals surface area contributed by atoms with Crippen LogP contribution < -0.4 is 5.32 Å². The topological polar surface area (TPSA) is 64.6 Å². The average molecular weight is 232 g/mol. The maximum absolute atomic E-state index is 10.6. The van der Waals surface area contributed by atoms with Gasteiger partial charge in [-0.15, -0.1) is 12.4 Å². The van der Waals surface area contributed by atoms with Crippen molar-refractivity contribution >= 4 is 22.5 Å². The molecule has 0 amide bonds. The molecule has 0 saturated carbocycles. The van der Waals surface area contributed by atoms with Gasteiger partial charge in [-0.1, -0.05) is 0 Å². The molecule has 0 aliphatic carbocycles. The van der Waals surface area contributed by atoms with Gasteiger partial charge in [0.05, 0.1) is 25.6 Å². The highest BCUT2D eigenvalue weighted by Crippen LogP contribution is 1.98. The summed E-state index contributed by atoms with van der Waals surface area (Å²) in [7, 11) is -3.33. The van der Waals surface area contributed by atoms with E-state index in [1.54, 1.807) is 0 Å². The highest BCUT2D eigenvalue weighted by atomic mass is 35.5. The lowest BCUT2D eigenvalue weighted by molar-refractivity contribution is 0.00178. The van der Waals surface area contributed by atoms with Crippen molar-refractivity contribution in [3.05, 3.63) is 0 Å². The van der Waals surface area contributed by atoms with Crippen LogP contribution in [0.3, 0.4) is 0 Å². The zero-order valence-corrected chi connectivity index (χ0v) is 8.99. The van der Waals surface area contributed by atoms with E-state index in [4.69, 9.17) is 4.74 Å². The van der Waals surface area contributed by atoms with Gasteiger partial charge in [-0.25, -0.2) is 0 Å². The van der Waals surface area contributed by atoms with Crippen LogP contribution in [0.1, 0.15) is 0 Å². The molecular weight excluding hydrogens is 218 g/mol. The van der Waals surface area contributed by atoms with E-state index in [0.29, 0.717) is 13.2 Å². The van der Waals surface area contributed by atoms with Crippen molar-refractivity contribution < 1.29 is 17.3 Å². The summed E-state index contributed by atoms with van der Waals surface area (Å²) < 4.78 is 30.9. The molecule has 1 heterocycles. The number of halogens is 1. The quantitative estimate of drug-likeness (QED) is 0.656. The van der Waals surface area contributed by atoms with Crippen LogP contribution in [0.15, 0.2) is 0 Å². The van der Waals surface area contributed by atoms with Crippen LogP contribution in [0, 0.1) is 0 Å². The largest absolute Gasteiger partial charge is 0.373 e. The summed E-state index contributed by atoms with van der Waals surface area (Å²) in [5.74, 6) is 0. The minimum Gasteiger partial charge on any atom is -0.373 e. The predicted molar refractivity (Wildman–Crippen MR) is 50.7 cm³/mol. The first-order valence-electron chi connectivity index (χ1n) is 3.74. The van der Waals surface area contributed by atoms with Crippen LogP contribution in [-0.4, -0.2) is 47.1 Å². The second-order valence-corrected chi connectivity index (χ2v) is 4.33. The lowest BCUT2D eigenvalue weighted by atomic mass is 10.3. The van der Waals surface area contributed by atoms with Crippen LogP contribution in [0.25, 0.3) is 0 Å². The Kier molecular flexibility index (Phi) is 5.82. The Bertz CT molecular complexity index is 225. The Labute approximate surface area is 84.3 Å². The van der Waals surface area contributed by atoms with E-state index in [9.17, 15) is 8.42 Å². The lowest BCUT2D eigenvalue weighted by Gasteiger charge is -2.22. The second kappa shape index (κ2) is 5.77. The summed E-state index contributed by atoms with van der Waals surface area (Å²) in [5.41, 5.74) is 0. The molecule has 1 rings (SSSR count). The molecule has 0 bridgehead atoms. The number of morpholine rings is 1. The monoisotopic (exact) mass is 231 g/mol. The van der Waals surface area contributed by atoms with Crippen molar-refractivity contribution in [3.63, 3.8) is 0 Å². The van der Waals surface area contributed by atoms with Gasteiger partial charge in [0.1, 0.15) is 0 Å². The van der Waals surface area contributed by atoms with Crippen LogP contribution in [0.2, 0.25) is 0 Å². The average Bonchev–Trinajstić information content (AvgIpc) is 2.02. The van der Waals surface area contributed by atoms with E-state index in [2.05, 4.69) is 9.50 Å². The van der Waals surface area contributed by atoms with E-state index in [-0.39, 0.29) is 25.1 Å².